The van der Waals surface area contributed by atoms with E-state index in [1.807, 2.05) is 12.1 Å². The van der Waals surface area contributed by atoms with Gasteiger partial charge in [-0.25, -0.2) is 17.5 Å². The Morgan fingerprint density at radius 1 is 1.00 bits per heavy atom. The highest BCUT2D eigenvalue weighted by molar-refractivity contribution is 7.89. The minimum absolute atomic E-state index is 0.222. The fourth-order valence-corrected chi connectivity index (χ4v) is 4.53. The number of piperazine rings is 1. The summed E-state index contributed by atoms with van der Waals surface area (Å²) in [7, 11) is -3.52. The zero-order valence-corrected chi connectivity index (χ0v) is 19.1. The lowest BCUT2D eigenvalue weighted by atomic mass is 10.2. The number of anilines is 1. The normalized spacial score (nSPS) is 15.4. The van der Waals surface area contributed by atoms with Gasteiger partial charge >= 0.3 is 0 Å². The first-order valence-corrected chi connectivity index (χ1v) is 12.3. The largest absolute Gasteiger partial charge is 0.493 e. The molecule has 1 heterocycles. The van der Waals surface area contributed by atoms with Gasteiger partial charge in [0.05, 0.1) is 11.5 Å². The van der Waals surface area contributed by atoms with Crippen LogP contribution in [0.1, 0.15) is 20.3 Å². The molecular weight excluding hydrogens is 417 g/mol. The second-order valence-corrected chi connectivity index (χ2v) is 10.00. The molecule has 170 valence electrons. The minimum Gasteiger partial charge on any atom is -0.493 e. The van der Waals surface area contributed by atoms with Crippen LogP contribution in [-0.4, -0.2) is 59.2 Å². The lowest BCUT2D eigenvalue weighted by Crippen LogP contribution is -2.47. The molecule has 1 aliphatic heterocycles. The van der Waals surface area contributed by atoms with Gasteiger partial charge in [-0.3, -0.25) is 4.90 Å². The summed E-state index contributed by atoms with van der Waals surface area (Å²) in [6.07, 6.45) is 0.741. The third-order valence-corrected chi connectivity index (χ3v) is 6.70. The van der Waals surface area contributed by atoms with Gasteiger partial charge in [0.2, 0.25) is 10.0 Å². The van der Waals surface area contributed by atoms with Gasteiger partial charge in [-0.15, -0.1) is 0 Å². The van der Waals surface area contributed by atoms with Gasteiger partial charge in [-0.1, -0.05) is 13.8 Å². The molecule has 0 bridgehead atoms. The number of ether oxygens (including phenoxy) is 1. The van der Waals surface area contributed by atoms with E-state index in [0.29, 0.717) is 24.8 Å². The van der Waals surface area contributed by atoms with Crippen LogP contribution >= 0.6 is 0 Å². The van der Waals surface area contributed by atoms with E-state index in [4.69, 9.17) is 4.74 Å². The van der Waals surface area contributed by atoms with Crippen LogP contribution in [0.2, 0.25) is 0 Å². The molecule has 1 N–H and O–H groups in total. The molecule has 1 fully saturated rings. The van der Waals surface area contributed by atoms with E-state index in [1.54, 1.807) is 24.3 Å². The number of rotatable bonds is 10. The Bertz CT molecular complexity index is 910. The van der Waals surface area contributed by atoms with Crippen LogP contribution < -0.4 is 14.4 Å². The standard InChI is InChI=1S/C23H32FN3O3S/c1-19(2)18-30-22-8-10-23(11-9-22)31(28,29)25-12-3-13-26-14-16-27(17-15-26)21-6-4-20(24)5-7-21/h4-11,19,25H,3,12-18H2,1-2H3. The van der Waals surface area contributed by atoms with Crippen LogP contribution in [0.25, 0.3) is 0 Å². The molecule has 6 nitrogen and oxygen atoms in total. The molecule has 0 saturated carbocycles. The summed E-state index contributed by atoms with van der Waals surface area (Å²) >= 11 is 0. The maximum atomic E-state index is 13.1. The molecular formula is C23H32FN3O3S. The first-order valence-electron chi connectivity index (χ1n) is 10.8. The van der Waals surface area contributed by atoms with Crippen LogP contribution in [0.5, 0.6) is 5.75 Å². The van der Waals surface area contributed by atoms with Gasteiger partial charge < -0.3 is 9.64 Å². The van der Waals surface area contributed by atoms with Crippen molar-refractivity contribution in [2.45, 2.75) is 25.2 Å². The summed E-state index contributed by atoms with van der Waals surface area (Å²) in [5, 5.41) is 0. The number of hydrogen-bond acceptors (Lipinski definition) is 5. The molecule has 0 aromatic heterocycles. The van der Waals surface area contributed by atoms with Gasteiger partial charge in [0.25, 0.3) is 0 Å². The molecule has 0 spiro atoms. The molecule has 1 aliphatic rings. The molecule has 0 amide bonds. The highest BCUT2D eigenvalue weighted by atomic mass is 32.2. The van der Waals surface area contributed by atoms with Crippen LogP contribution in [0.15, 0.2) is 53.4 Å². The molecule has 0 atom stereocenters. The van der Waals surface area contributed by atoms with Gasteiger partial charge in [0.15, 0.2) is 0 Å². The SMILES string of the molecule is CC(C)COc1ccc(S(=O)(=O)NCCCN2CCN(c3ccc(F)cc3)CC2)cc1. The van der Waals surface area contributed by atoms with E-state index in [9.17, 15) is 12.8 Å². The molecule has 3 rings (SSSR count). The Morgan fingerprint density at radius 2 is 1.65 bits per heavy atom. The number of halogens is 1. The van der Waals surface area contributed by atoms with Gasteiger partial charge in [-0.2, -0.15) is 0 Å². The number of sulfonamides is 1. The van der Waals surface area contributed by atoms with Crippen molar-refractivity contribution in [1.29, 1.82) is 0 Å². The smallest absolute Gasteiger partial charge is 0.240 e. The zero-order valence-electron chi connectivity index (χ0n) is 18.3. The van der Waals surface area contributed by atoms with Crippen molar-refractivity contribution < 1.29 is 17.5 Å². The van der Waals surface area contributed by atoms with Crippen molar-refractivity contribution in [3.05, 3.63) is 54.3 Å². The summed E-state index contributed by atoms with van der Waals surface area (Å²) in [6, 6.07) is 13.1. The van der Waals surface area contributed by atoms with E-state index >= 15 is 0 Å². The van der Waals surface area contributed by atoms with Crippen LogP contribution in [0.3, 0.4) is 0 Å². The molecule has 1 saturated heterocycles. The zero-order chi connectivity index (χ0) is 22.3. The summed E-state index contributed by atoms with van der Waals surface area (Å²) in [4.78, 5) is 4.82. The van der Waals surface area contributed by atoms with Crippen LogP contribution in [-0.2, 0) is 10.0 Å². The van der Waals surface area contributed by atoms with E-state index in [2.05, 4.69) is 28.4 Å². The Kier molecular flexibility index (Phi) is 8.28. The molecule has 2 aromatic rings. The quantitative estimate of drug-likeness (QED) is 0.564. The highest BCUT2D eigenvalue weighted by Gasteiger charge is 2.18. The first-order chi connectivity index (χ1) is 14.8. The molecule has 2 aromatic carbocycles. The lowest BCUT2D eigenvalue weighted by molar-refractivity contribution is 0.255. The predicted molar refractivity (Wildman–Crippen MR) is 122 cm³/mol. The molecule has 0 aliphatic carbocycles. The molecule has 0 unspecified atom stereocenters. The van der Waals surface area contributed by atoms with E-state index in [0.717, 1.165) is 44.8 Å². The topological polar surface area (TPSA) is 61.9 Å². The van der Waals surface area contributed by atoms with E-state index in [1.165, 1.54) is 12.1 Å². The average molecular weight is 450 g/mol. The van der Waals surface area contributed by atoms with E-state index < -0.39 is 10.0 Å². The predicted octanol–water partition coefficient (Wildman–Crippen LogP) is 3.35. The van der Waals surface area contributed by atoms with Gasteiger partial charge in [0.1, 0.15) is 11.6 Å². The fourth-order valence-electron chi connectivity index (χ4n) is 3.45. The third kappa shape index (κ3) is 7.19. The summed E-state index contributed by atoms with van der Waals surface area (Å²) in [6.45, 7) is 9.52. The van der Waals surface area contributed by atoms with Gasteiger partial charge in [0, 0.05) is 38.4 Å². The first kappa shape index (κ1) is 23.5. The van der Waals surface area contributed by atoms with Crippen LogP contribution in [0, 0.1) is 11.7 Å². The van der Waals surface area contributed by atoms with Crippen molar-refractivity contribution in [2.75, 3.05) is 50.8 Å². The van der Waals surface area contributed by atoms with Crippen molar-refractivity contribution in [1.82, 2.24) is 9.62 Å². The highest BCUT2D eigenvalue weighted by Crippen LogP contribution is 2.18. The van der Waals surface area contributed by atoms with Crippen molar-refractivity contribution in [3.63, 3.8) is 0 Å². The fraction of sp³-hybridized carbons (Fsp3) is 0.478. The second kappa shape index (κ2) is 10.9. The average Bonchev–Trinajstić information content (AvgIpc) is 2.77. The van der Waals surface area contributed by atoms with Crippen molar-refractivity contribution in [2.24, 2.45) is 5.92 Å². The molecule has 8 heteroatoms. The maximum Gasteiger partial charge on any atom is 0.240 e. The minimum atomic E-state index is -3.52. The van der Waals surface area contributed by atoms with Crippen molar-refractivity contribution >= 4 is 15.7 Å². The number of hydrogen-bond donors (Lipinski definition) is 1. The summed E-state index contributed by atoms with van der Waals surface area (Å²) < 4.78 is 46.3. The monoisotopic (exact) mass is 449 g/mol. The number of benzene rings is 2. The van der Waals surface area contributed by atoms with E-state index in [-0.39, 0.29) is 10.7 Å². The Morgan fingerprint density at radius 3 is 2.26 bits per heavy atom. The van der Waals surface area contributed by atoms with Gasteiger partial charge in [-0.05, 0) is 67.4 Å². The lowest BCUT2D eigenvalue weighted by Gasteiger charge is -2.36. The summed E-state index contributed by atoms with van der Waals surface area (Å²) in [5.41, 5.74) is 1.04. The number of nitrogens with zero attached hydrogens (tertiary/aromatic N) is 2. The Labute approximate surface area is 185 Å². The maximum absolute atomic E-state index is 13.1. The Hall–Kier alpha value is -2.16. The third-order valence-electron chi connectivity index (χ3n) is 5.22. The van der Waals surface area contributed by atoms with Crippen molar-refractivity contribution in [3.8, 4) is 5.75 Å². The number of nitrogens with one attached hydrogen (secondary N) is 1. The summed E-state index contributed by atoms with van der Waals surface area (Å²) in [5.74, 6) is 0.864. The molecule has 0 radical (unpaired) electrons. The molecule has 31 heavy (non-hydrogen) atoms. The Balaban J connectivity index is 1.38. The van der Waals surface area contributed by atoms with Crippen LogP contribution in [0.4, 0.5) is 10.1 Å². The second-order valence-electron chi connectivity index (χ2n) is 8.23.